The second-order valence-corrected chi connectivity index (χ2v) is 5.67. The SMILES string of the molecule is CC[C@H]1CCN(C(C)C)CC12CCC2. The van der Waals surface area contributed by atoms with Gasteiger partial charge in [-0.3, -0.25) is 0 Å². The van der Waals surface area contributed by atoms with E-state index >= 15 is 0 Å². The molecule has 1 spiro atoms. The Labute approximate surface area is 88.9 Å². The van der Waals surface area contributed by atoms with Crippen molar-refractivity contribution in [3.8, 4) is 0 Å². The minimum Gasteiger partial charge on any atom is -0.300 e. The molecule has 1 heteroatoms. The van der Waals surface area contributed by atoms with Crippen LogP contribution >= 0.6 is 0 Å². The quantitative estimate of drug-likeness (QED) is 0.653. The monoisotopic (exact) mass is 195 g/mol. The van der Waals surface area contributed by atoms with Gasteiger partial charge in [-0.1, -0.05) is 19.8 Å². The summed E-state index contributed by atoms with van der Waals surface area (Å²) in [6.07, 6.45) is 7.37. The first-order valence-electron chi connectivity index (χ1n) is 6.42. The molecule has 82 valence electrons. The van der Waals surface area contributed by atoms with Crippen molar-refractivity contribution in [2.24, 2.45) is 11.3 Å². The Balaban J connectivity index is 2.03. The Kier molecular flexibility index (Phi) is 2.88. The first kappa shape index (κ1) is 10.5. The van der Waals surface area contributed by atoms with Crippen LogP contribution in [-0.2, 0) is 0 Å². The number of hydrogen-bond acceptors (Lipinski definition) is 1. The lowest BCUT2D eigenvalue weighted by molar-refractivity contribution is -0.0476. The maximum atomic E-state index is 2.70. The number of piperidine rings is 1. The minimum absolute atomic E-state index is 0.747. The molecule has 2 aliphatic rings. The third-order valence-corrected chi connectivity index (χ3v) is 4.72. The summed E-state index contributed by atoms with van der Waals surface area (Å²) in [7, 11) is 0. The first-order chi connectivity index (χ1) is 6.68. The fourth-order valence-electron chi connectivity index (χ4n) is 3.52. The summed E-state index contributed by atoms with van der Waals surface area (Å²) in [5.74, 6) is 1.03. The second-order valence-electron chi connectivity index (χ2n) is 5.67. The molecule has 1 nitrogen and oxygen atoms in total. The van der Waals surface area contributed by atoms with Crippen molar-refractivity contribution < 1.29 is 0 Å². The van der Waals surface area contributed by atoms with Crippen molar-refractivity contribution in [2.45, 2.75) is 58.9 Å². The summed E-state index contributed by atoms with van der Waals surface area (Å²) in [6, 6.07) is 0.755. The molecule has 1 saturated carbocycles. The smallest absolute Gasteiger partial charge is 0.00433 e. The summed E-state index contributed by atoms with van der Waals surface area (Å²) in [6.45, 7) is 9.81. The molecule has 1 atom stereocenters. The van der Waals surface area contributed by atoms with Crippen molar-refractivity contribution in [1.82, 2.24) is 4.90 Å². The Morgan fingerprint density at radius 1 is 1.36 bits per heavy atom. The Hall–Kier alpha value is -0.0400. The summed E-state index contributed by atoms with van der Waals surface area (Å²) < 4.78 is 0. The fraction of sp³-hybridized carbons (Fsp3) is 1.00. The van der Waals surface area contributed by atoms with Crippen LogP contribution in [0, 0.1) is 11.3 Å². The topological polar surface area (TPSA) is 3.24 Å². The van der Waals surface area contributed by atoms with Gasteiger partial charge in [0.05, 0.1) is 0 Å². The molecule has 1 heterocycles. The molecule has 2 rings (SSSR count). The van der Waals surface area contributed by atoms with Gasteiger partial charge in [-0.15, -0.1) is 0 Å². The number of likely N-dealkylation sites (tertiary alicyclic amines) is 1. The normalized spacial score (nSPS) is 32.1. The summed E-state index contributed by atoms with van der Waals surface area (Å²) in [5.41, 5.74) is 0.747. The molecule has 0 unspecified atom stereocenters. The van der Waals surface area contributed by atoms with Gasteiger partial charge in [0, 0.05) is 12.6 Å². The van der Waals surface area contributed by atoms with E-state index in [0.717, 1.165) is 17.4 Å². The highest BCUT2D eigenvalue weighted by molar-refractivity contribution is 4.98. The largest absolute Gasteiger partial charge is 0.300 e. The fourth-order valence-corrected chi connectivity index (χ4v) is 3.52. The molecule has 0 aromatic heterocycles. The molecule has 0 bridgehead atoms. The van der Waals surface area contributed by atoms with Crippen molar-refractivity contribution in [3.63, 3.8) is 0 Å². The van der Waals surface area contributed by atoms with Crippen LogP contribution in [0.15, 0.2) is 0 Å². The third-order valence-electron chi connectivity index (χ3n) is 4.72. The minimum atomic E-state index is 0.747. The van der Waals surface area contributed by atoms with Gasteiger partial charge in [0.2, 0.25) is 0 Å². The number of hydrogen-bond donors (Lipinski definition) is 0. The van der Waals surface area contributed by atoms with Crippen LogP contribution in [0.25, 0.3) is 0 Å². The van der Waals surface area contributed by atoms with Gasteiger partial charge in [0.15, 0.2) is 0 Å². The van der Waals surface area contributed by atoms with Crippen molar-refractivity contribution >= 4 is 0 Å². The van der Waals surface area contributed by atoms with Crippen LogP contribution in [0.1, 0.15) is 52.9 Å². The summed E-state index contributed by atoms with van der Waals surface area (Å²) >= 11 is 0. The van der Waals surface area contributed by atoms with Crippen LogP contribution in [0.2, 0.25) is 0 Å². The van der Waals surface area contributed by atoms with Crippen LogP contribution in [0.3, 0.4) is 0 Å². The van der Waals surface area contributed by atoms with Gasteiger partial charge in [-0.05, 0) is 51.0 Å². The van der Waals surface area contributed by atoms with Crippen molar-refractivity contribution in [3.05, 3.63) is 0 Å². The summed E-state index contributed by atoms with van der Waals surface area (Å²) in [5, 5.41) is 0. The second kappa shape index (κ2) is 3.84. The molecule has 1 saturated heterocycles. The van der Waals surface area contributed by atoms with E-state index in [1.165, 1.54) is 45.2 Å². The van der Waals surface area contributed by atoms with E-state index < -0.39 is 0 Å². The number of rotatable bonds is 2. The van der Waals surface area contributed by atoms with Gasteiger partial charge in [0.25, 0.3) is 0 Å². The average molecular weight is 195 g/mol. The Morgan fingerprint density at radius 2 is 2.07 bits per heavy atom. The predicted molar refractivity (Wildman–Crippen MR) is 61.4 cm³/mol. The lowest BCUT2D eigenvalue weighted by Gasteiger charge is -2.55. The van der Waals surface area contributed by atoms with Gasteiger partial charge in [-0.2, -0.15) is 0 Å². The average Bonchev–Trinajstić information content (AvgIpc) is 2.14. The molecule has 0 N–H and O–H groups in total. The van der Waals surface area contributed by atoms with Crippen LogP contribution in [-0.4, -0.2) is 24.0 Å². The van der Waals surface area contributed by atoms with Crippen molar-refractivity contribution in [2.75, 3.05) is 13.1 Å². The molecule has 0 radical (unpaired) electrons. The molecule has 1 aliphatic heterocycles. The van der Waals surface area contributed by atoms with Crippen LogP contribution < -0.4 is 0 Å². The zero-order valence-electron chi connectivity index (χ0n) is 10.1. The molecular formula is C13H25N. The van der Waals surface area contributed by atoms with E-state index in [1.54, 1.807) is 0 Å². The van der Waals surface area contributed by atoms with Gasteiger partial charge >= 0.3 is 0 Å². The standard InChI is InChI=1S/C13H25N/c1-4-12-6-9-14(11(2)3)10-13(12)7-5-8-13/h11-12H,4-10H2,1-3H3/t12-/m0/s1. The van der Waals surface area contributed by atoms with E-state index in [2.05, 4.69) is 25.7 Å². The Morgan fingerprint density at radius 3 is 2.50 bits per heavy atom. The maximum absolute atomic E-state index is 2.70. The Bertz CT molecular complexity index is 193. The zero-order valence-corrected chi connectivity index (χ0v) is 10.1. The lowest BCUT2D eigenvalue weighted by atomic mass is 9.57. The van der Waals surface area contributed by atoms with Gasteiger partial charge < -0.3 is 4.90 Å². The predicted octanol–water partition coefficient (Wildman–Crippen LogP) is 3.30. The zero-order chi connectivity index (χ0) is 10.2. The highest BCUT2D eigenvalue weighted by Gasteiger charge is 2.46. The molecule has 0 amide bonds. The van der Waals surface area contributed by atoms with Gasteiger partial charge in [-0.25, -0.2) is 0 Å². The number of nitrogens with zero attached hydrogens (tertiary/aromatic N) is 1. The molecular weight excluding hydrogens is 170 g/mol. The van der Waals surface area contributed by atoms with Crippen molar-refractivity contribution in [1.29, 1.82) is 0 Å². The van der Waals surface area contributed by atoms with Gasteiger partial charge in [0.1, 0.15) is 0 Å². The van der Waals surface area contributed by atoms with E-state index in [0.29, 0.717) is 0 Å². The van der Waals surface area contributed by atoms with E-state index in [-0.39, 0.29) is 0 Å². The highest BCUT2D eigenvalue weighted by Crippen LogP contribution is 2.52. The molecule has 14 heavy (non-hydrogen) atoms. The van der Waals surface area contributed by atoms with E-state index in [1.807, 2.05) is 0 Å². The maximum Gasteiger partial charge on any atom is 0.00433 e. The third kappa shape index (κ3) is 1.60. The molecule has 0 aromatic rings. The molecule has 2 fully saturated rings. The summed E-state index contributed by atoms with van der Waals surface area (Å²) in [4.78, 5) is 2.70. The molecule has 1 aliphatic carbocycles. The first-order valence-corrected chi connectivity index (χ1v) is 6.42. The lowest BCUT2D eigenvalue weighted by Crippen LogP contribution is -2.54. The van der Waals surface area contributed by atoms with Crippen LogP contribution in [0.5, 0.6) is 0 Å². The molecule has 0 aromatic carbocycles. The van der Waals surface area contributed by atoms with E-state index in [4.69, 9.17) is 0 Å². The van der Waals surface area contributed by atoms with E-state index in [9.17, 15) is 0 Å². The van der Waals surface area contributed by atoms with Crippen LogP contribution in [0.4, 0.5) is 0 Å². The highest BCUT2D eigenvalue weighted by atomic mass is 15.2.